The Hall–Kier alpha value is -1.57. The highest BCUT2D eigenvalue weighted by atomic mass is 32.1. The minimum atomic E-state index is 0.0655. The van der Waals surface area contributed by atoms with Gasteiger partial charge in [0.15, 0.2) is 0 Å². The Bertz CT molecular complexity index is 884. The Balaban J connectivity index is 1.04. The van der Waals surface area contributed by atoms with Gasteiger partial charge in [-0.25, -0.2) is 0 Å². The van der Waals surface area contributed by atoms with Crippen LogP contribution in [0.4, 0.5) is 5.69 Å². The van der Waals surface area contributed by atoms with Gasteiger partial charge in [0.25, 0.3) is 0 Å². The summed E-state index contributed by atoms with van der Waals surface area (Å²) in [4.78, 5) is 17.7. The number of hydrogen-bond acceptors (Lipinski definition) is 6. The van der Waals surface area contributed by atoms with E-state index in [0.717, 1.165) is 60.7 Å². The van der Waals surface area contributed by atoms with E-state index in [9.17, 15) is 4.79 Å². The number of hydrogen-bond donors (Lipinski definition) is 1. The molecule has 0 radical (unpaired) electrons. The average Bonchev–Trinajstić information content (AvgIpc) is 3.15. The summed E-state index contributed by atoms with van der Waals surface area (Å²) in [7, 11) is 0. The second-order valence-electron chi connectivity index (χ2n) is 9.92. The smallest absolute Gasteiger partial charge is 0.238 e. The van der Waals surface area contributed by atoms with Crippen LogP contribution in [0.3, 0.4) is 0 Å². The number of anilines is 1. The maximum Gasteiger partial charge on any atom is 0.238 e. The summed E-state index contributed by atoms with van der Waals surface area (Å²) < 4.78 is 8.46. The molecule has 7 heteroatoms. The van der Waals surface area contributed by atoms with Crippen LogP contribution >= 0.6 is 11.7 Å². The summed E-state index contributed by atoms with van der Waals surface area (Å²) in [5.74, 6) is 3.05. The molecule has 6 nitrogen and oxygen atoms in total. The molecule has 1 aliphatic heterocycles. The number of nitrogens with one attached hydrogen (secondary N) is 1. The molecule has 1 N–H and O–H groups in total. The highest BCUT2D eigenvalue weighted by molar-refractivity contribution is 7.00. The first kappa shape index (κ1) is 18.2. The molecule has 5 fully saturated rings. The molecule has 4 aliphatic carbocycles. The van der Waals surface area contributed by atoms with Crippen molar-refractivity contribution in [3.8, 4) is 0 Å². The van der Waals surface area contributed by atoms with E-state index in [4.69, 9.17) is 0 Å². The predicted molar refractivity (Wildman–Crippen MR) is 115 cm³/mol. The van der Waals surface area contributed by atoms with Gasteiger partial charge in [0, 0.05) is 37.4 Å². The Morgan fingerprint density at radius 3 is 2.34 bits per heavy atom. The Morgan fingerprint density at radius 1 is 1.00 bits per heavy atom. The van der Waals surface area contributed by atoms with Crippen molar-refractivity contribution in [2.24, 2.45) is 17.8 Å². The normalized spacial score (nSPS) is 34.7. The fourth-order valence-electron chi connectivity index (χ4n) is 7.10. The zero-order valence-electron chi connectivity index (χ0n) is 16.8. The minimum Gasteiger partial charge on any atom is -0.325 e. The lowest BCUT2D eigenvalue weighted by Gasteiger charge is -2.61. The molecule has 1 aromatic carbocycles. The third-order valence-electron chi connectivity index (χ3n) is 7.95. The van der Waals surface area contributed by atoms with Crippen molar-refractivity contribution >= 4 is 34.4 Å². The summed E-state index contributed by atoms with van der Waals surface area (Å²) in [5.41, 5.74) is 3.04. The van der Waals surface area contributed by atoms with Gasteiger partial charge in [-0.1, -0.05) is 0 Å². The van der Waals surface area contributed by atoms with Gasteiger partial charge in [-0.3, -0.25) is 14.6 Å². The SMILES string of the molecule is O=C(CN1CCN(C23CC4CC(CC(C4)C2)C3)CC1)Nc1ccc2nsnc2c1. The molecule has 1 amide bonds. The van der Waals surface area contributed by atoms with E-state index in [2.05, 4.69) is 23.9 Å². The molecular weight excluding hydrogens is 382 g/mol. The standard InChI is InChI=1S/C22H29N5OS/c28-21(23-18-1-2-19-20(10-18)25-29-24-19)14-26-3-5-27(6-4-26)22-11-15-7-16(12-22)9-17(8-15)13-22/h1-2,10,15-17H,3-9,11-14H2,(H,23,28). The van der Waals surface area contributed by atoms with Gasteiger partial charge >= 0.3 is 0 Å². The molecule has 1 saturated heterocycles. The molecule has 2 heterocycles. The molecule has 154 valence electrons. The van der Waals surface area contributed by atoms with Crippen molar-refractivity contribution in [3.05, 3.63) is 18.2 Å². The van der Waals surface area contributed by atoms with Gasteiger partial charge in [0.1, 0.15) is 11.0 Å². The summed E-state index contributed by atoms with van der Waals surface area (Å²) in [6, 6.07) is 5.73. The third kappa shape index (κ3) is 3.37. The fourth-order valence-corrected chi connectivity index (χ4v) is 7.61. The molecule has 2 aromatic rings. The topological polar surface area (TPSA) is 61.4 Å². The van der Waals surface area contributed by atoms with Crippen LogP contribution < -0.4 is 5.32 Å². The van der Waals surface area contributed by atoms with Gasteiger partial charge in [-0.05, 0) is 74.5 Å². The number of nitrogens with zero attached hydrogens (tertiary/aromatic N) is 4. The summed E-state index contributed by atoms with van der Waals surface area (Å²) in [6.45, 7) is 4.72. The van der Waals surface area contributed by atoms with Crippen molar-refractivity contribution in [3.63, 3.8) is 0 Å². The summed E-state index contributed by atoms with van der Waals surface area (Å²) in [6.07, 6.45) is 8.82. The molecule has 0 unspecified atom stereocenters. The van der Waals surface area contributed by atoms with Crippen molar-refractivity contribution in [1.82, 2.24) is 18.5 Å². The Morgan fingerprint density at radius 2 is 1.66 bits per heavy atom. The lowest BCUT2D eigenvalue weighted by molar-refractivity contribution is -0.120. The van der Waals surface area contributed by atoms with E-state index in [1.807, 2.05) is 18.2 Å². The van der Waals surface area contributed by atoms with Crippen molar-refractivity contribution in [1.29, 1.82) is 0 Å². The number of piperazine rings is 1. The maximum atomic E-state index is 12.6. The molecule has 0 spiro atoms. The average molecular weight is 412 g/mol. The molecule has 0 atom stereocenters. The quantitative estimate of drug-likeness (QED) is 0.837. The van der Waals surface area contributed by atoms with E-state index in [0.29, 0.717) is 12.1 Å². The molecule has 4 bridgehead atoms. The molecule has 1 aromatic heterocycles. The number of carbonyl (C=O) groups is 1. The zero-order valence-corrected chi connectivity index (χ0v) is 17.7. The van der Waals surface area contributed by atoms with Crippen LogP contribution in [0.2, 0.25) is 0 Å². The van der Waals surface area contributed by atoms with Crippen LogP contribution in [-0.2, 0) is 4.79 Å². The lowest BCUT2D eigenvalue weighted by Crippen LogP contribution is -2.64. The number of benzene rings is 1. The van der Waals surface area contributed by atoms with Crippen LogP contribution in [0.25, 0.3) is 11.0 Å². The summed E-state index contributed by atoms with van der Waals surface area (Å²) in [5, 5.41) is 3.03. The monoisotopic (exact) mass is 411 g/mol. The predicted octanol–water partition coefficient (Wildman–Crippen LogP) is 3.22. The second kappa shape index (κ2) is 7.00. The van der Waals surface area contributed by atoms with E-state index in [-0.39, 0.29) is 5.91 Å². The van der Waals surface area contributed by atoms with Gasteiger partial charge in [0.2, 0.25) is 5.91 Å². The van der Waals surface area contributed by atoms with Crippen molar-refractivity contribution in [2.45, 2.75) is 44.1 Å². The van der Waals surface area contributed by atoms with Crippen LogP contribution in [-0.4, -0.2) is 62.7 Å². The first-order valence-corrected chi connectivity index (χ1v) is 11.9. The lowest BCUT2D eigenvalue weighted by atomic mass is 9.52. The first-order chi connectivity index (χ1) is 14.1. The van der Waals surface area contributed by atoms with E-state index in [1.165, 1.54) is 50.3 Å². The van der Waals surface area contributed by atoms with Crippen LogP contribution in [0, 0.1) is 17.8 Å². The van der Waals surface area contributed by atoms with Crippen molar-refractivity contribution < 1.29 is 4.79 Å². The Labute approximate surface area is 176 Å². The first-order valence-electron chi connectivity index (χ1n) is 11.1. The molecule has 4 saturated carbocycles. The molecule has 29 heavy (non-hydrogen) atoms. The molecular formula is C22H29N5OS. The maximum absolute atomic E-state index is 12.6. The molecule has 5 aliphatic rings. The number of carbonyl (C=O) groups excluding carboxylic acids is 1. The number of amides is 1. The van der Waals surface area contributed by atoms with Gasteiger partial charge in [-0.15, -0.1) is 0 Å². The minimum absolute atomic E-state index is 0.0655. The second-order valence-corrected chi connectivity index (χ2v) is 10.4. The van der Waals surface area contributed by atoms with Gasteiger partial charge in [-0.2, -0.15) is 8.75 Å². The van der Waals surface area contributed by atoms with E-state index < -0.39 is 0 Å². The molecule has 7 rings (SSSR count). The Kier molecular flexibility index (Phi) is 4.39. The fraction of sp³-hybridized carbons (Fsp3) is 0.682. The van der Waals surface area contributed by atoms with E-state index in [1.54, 1.807) is 0 Å². The number of rotatable bonds is 4. The van der Waals surface area contributed by atoms with Crippen LogP contribution in [0.15, 0.2) is 18.2 Å². The van der Waals surface area contributed by atoms with Gasteiger partial charge in [0.05, 0.1) is 18.3 Å². The summed E-state index contributed by atoms with van der Waals surface area (Å²) >= 11 is 1.20. The number of aromatic nitrogens is 2. The largest absolute Gasteiger partial charge is 0.325 e. The van der Waals surface area contributed by atoms with Crippen LogP contribution in [0.1, 0.15) is 38.5 Å². The van der Waals surface area contributed by atoms with Gasteiger partial charge < -0.3 is 5.32 Å². The third-order valence-corrected chi connectivity index (χ3v) is 8.51. The highest BCUT2D eigenvalue weighted by Gasteiger charge is 2.53. The van der Waals surface area contributed by atoms with Crippen LogP contribution in [0.5, 0.6) is 0 Å². The highest BCUT2D eigenvalue weighted by Crippen LogP contribution is 2.57. The van der Waals surface area contributed by atoms with E-state index >= 15 is 0 Å². The van der Waals surface area contributed by atoms with Crippen molar-refractivity contribution in [2.75, 3.05) is 38.0 Å². The zero-order chi connectivity index (χ0) is 19.4. The number of fused-ring (bicyclic) bond motifs is 1.